The van der Waals surface area contributed by atoms with Crippen LogP contribution >= 0.6 is 11.3 Å². The highest BCUT2D eigenvalue weighted by Gasteiger charge is 2.15. The molecular weight excluding hydrogens is 274 g/mol. The Kier molecular flexibility index (Phi) is 4.47. The molecule has 6 heteroatoms. The van der Waals surface area contributed by atoms with E-state index in [9.17, 15) is 4.79 Å². The van der Waals surface area contributed by atoms with E-state index in [1.165, 1.54) is 24.0 Å². The van der Waals surface area contributed by atoms with Crippen LogP contribution in [0.5, 0.6) is 0 Å². The topological polar surface area (TPSA) is 63.6 Å². The normalized spacial score (nSPS) is 10.8. The number of anilines is 1. The molecule has 0 spiro atoms. The minimum atomic E-state index is -0.379. The minimum Gasteiger partial charge on any atom is -0.465 e. The van der Waals surface area contributed by atoms with Crippen molar-refractivity contribution in [1.82, 2.24) is 4.98 Å². The van der Waals surface area contributed by atoms with Crippen LogP contribution in [0.2, 0.25) is 0 Å². The minimum absolute atomic E-state index is 0.379. The maximum absolute atomic E-state index is 11.5. The number of esters is 1. The maximum Gasteiger partial charge on any atom is 0.350 e. The zero-order chi connectivity index (χ0) is 14.5. The summed E-state index contributed by atoms with van der Waals surface area (Å²) in [7, 11) is 1.35. The molecule has 2 rings (SSSR count). The lowest BCUT2D eigenvalue weighted by Gasteiger charge is -1.95. The number of hydrogen-bond donors (Lipinski definition) is 1. The van der Waals surface area contributed by atoms with E-state index in [1.54, 1.807) is 13.1 Å². The molecule has 0 saturated carbocycles. The Hall–Kier alpha value is -2.21. The molecule has 0 unspecified atom stereocenters. The van der Waals surface area contributed by atoms with Crippen LogP contribution in [0.3, 0.4) is 0 Å². The Morgan fingerprint density at radius 2 is 2.05 bits per heavy atom. The molecule has 0 fully saturated rings. The smallest absolute Gasteiger partial charge is 0.350 e. The zero-order valence-electron chi connectivity index (χ0n) is 11.5. The molecule has 0 aliphatic carbocycles. The van der Waals surface area contributed by atoms with E-state index in [0.717, 1.165) is 5.56 Å². The molecular formula is C14H15N3O2S. The van der Waals surface area contributed by atoms with Gasteiger partial charge in [0.1, 0.15) is 4.88 Å². The molecule has 0 amide bonds. The molecule has 0 aliphatic rings. The number of benzene rings is 1. The molecule has 1 aromatic heterocycles. The Labute approximate surface area is 121 Å². The molecule has 1 aromatic carbocycles. The molecule has 0 atom stereocenters. The summed E-state index contributed by atoms with van der Waals surface area (Å²) in [5.74, 6) is -0.379. The van der Waals surface area contributed by atoms with Crippen LogP contribution in [0.15, 0.2) is 29.4 Å². The molecule has 20 heavy (non-hydrogen) atoms. The van der Waals surface area contributed by atoms with Crippen LogP contribution in [0, 0.1) is 13.8 Å². The van der Waals surface area contributed by atoms with E-state index < -0.39 is 0 Å². The highest BCUT2D eigenvalue weighted by atomic mass is 32.1. The largest absolute Gasteiger partial charge is 0.465 e. The van der Waals surface area contributed by atoms with Gasteiger partial charge in [-0.15, -0.1) is 0 Å². The molecule has 0 radical (unpaired) electrons. The number of carbonyl (C=O) groups excluding carboxylic acids is 1. The van der Waals surface area contributed by atoms with Gasteiger partial charge >= 0.3 is 5.97 Å². The second-order valence-corrected chi connectivity index (χ2v) is 5.20. The number of nitrogens with one attached hydrogen (secondary N) is 1. The van der Waals surface area contributed by atoms with E-state index in [2.05, 4.69) is 20.2 Å². The van der Waals surface area contributed by atoms with Crippen molar-refractivity contribution in [1.29, 1.82) is 0 Å². The summed E-state index contributed by atoms with van der Waals surface area (Å²) in [6, 6.07) is 8.00. The van der Waals surface area contributed by atoms with Gasteiger partial charge in [-0.05, 0) is 19.4 Å². The van der Waals surface area contributed by atoms with Gasteiger partial charge in [0, 0.05) is 0 Å². The average molecular weight is 289 g/mol. The van der Waals surface area contributed by atoms with Crippen LogP contribution in [0.4, 0.5) is 5.13 Å². The molecule has 1 heterocycles. The molecule has 0 bridgehead atoms. The van der Waals surface area contributed by atoms with E-state index in [4.69, 9.17) is 0 Å². The van der Waals surface area contributed by atoms with Crippen molar-refractivity contribution >= 4 is 28.7 Å². The third-order valence-corrected chi connectivity index (χ3v) is 3.66. The first kappa shape index (κ1) is 14.2. The van der Waals surface area contributed by atoms with E-state index in [1.807, 2.05) is 31.2 Å². The summed E-state index contributed by atoms with van der Waals surface area (Å²) in [6.07, 6.45) is 1.70. The van der Waals surface area contributed by atoms with Gasteiger partial charge in [0.05, 0.1) is 19.0 Å². The second kappa shape index (κ2) is 6.29. The summed E-state index contributed by atoms with van der Waals surface area (Å²) in [6.45, 7) is 3.80. The first-order chi connectivity index (χ1) is 9.60. The Morgan fingerprint density at radius 1 is 1.35 bits per heavy atom. The monoisotopic (exact) mass is 289 g/mol. The van der Waals surface area contributed by atoms with E-state index in [0.29, 0.717) is 15.7 Å². The van der Waals surface area contributed by atoms with Crippen LogP contribution in [-0.2, 0) is 4.74 Å². The van der Waals surface area contributed by atoms with Gasteiger partial charge in [-0.25, -0.2) is 9.78 Å². The van der Waals surface area contributed by atoms with Crippen molar-refractivity contribution in [3.8, 4) is 0 Å². The first-order valence-corrected chi connectivity index (χ1v) is 6.83. The number of ether oxygens (including phenoxy) is 1. The standard InChI is InChI=1S/C14H15N3O2S/c1-9-4-6-11(7-5-9)8-15-17-14-16-10(2)12(20-14)13(18)19-3/h4-8H,1-3H3,(H,16,17)/b15-8+. The van der Waals surface area contributed by atoms with Crippen molar-refractivity contribution < 1.29 is 9.53 Å². The number of rotatable bonds is 4. The van der Waals surface area contributed by atoms with Gasteiger partial charge < -0.3 is 4.74 Å². The fraction of sp³-hybridized carbons (Fsp3) is 0.214. The lowest BCUT2D eigenvalue weighted by Crippen LogP contribution is -1.99. The number of hydrogen-bond acceptors (Lipinski definition) is 6. The average Bonchev–Trinajstić information content (AvgIpc) is 2.81. The second-order valence-electron chi connectivity index (χ2n) is 4.21. The number of nitrogens with zero attached hydrogens (tertiary/aromatic N) is 2. The Balaban J connectivity index is 2.04. The lowest BCUT2D eigenvalue weighted by molar-refractivity contribution is 0.0605. The highest BCUT2D eigenvalue weighted by molar-refractivity contribution is 7.17. The van der Waals surface area contributed by atoms with Gasteiger partial charge in [-0.2, -0.15) is 5.10 Å². The molecule has 5 nitrogen and oxygen atoms in total. The van der Waals surface area contributed by atoms with Crippen LogP contribution in [0.1, 0.15) is 26.5 Å². The van der Waals surface area contributed by atoms with Crippen molar-refractivity contribution in [3.05, 3.63) is 46.0 Å². The Morgan fingerprint density at radius 3 is 2.70 bits per heavy atom. The van der Waals surface area contributed by atoms with Gasteiger partial charge in [0.25, 0.3) is 0 Å². The molecule has 0 saturated heterocycles. The van der Waals surface area contributed by atoms with Gasteiger partial charge in [-0.3, -0.25) is 5.43 Å². The Bertz CT molecular complexity index is 632. The summed E-state index contributed by atoms with van der Waals surface area (Å²) >= 11 is 1.22. The fourth-order valence-corrected chi connectivity index (χ4v) is 2.38. The third-order valence-electron chi connectivity index (χ3n) is 2.62. The van der Waals surface area contributed by atoms with Crippen molar-refractivity contribution in [2.45, 2.75) is 13.8 Å². The number of thiazole rings is 1. The molecule has 0 aliphatic heterocycles. The van der Waals surface area contributed by atoms with Gasteiger partial charge in [0.15, 0.2) is 0 Å². The first-order valence-electron chi connectivity index (χ1n) is 6.01. The number of aromatic nitrogens is 1. The van der Waals surface area contributed by atoms with Crippen molar-refractivity contribution in [3.63, 3.8) is 0 Å². The SMILES string of the molecule is COC(=O)c1sc(N/N=C/c2ccc(C)cc2)nc1C. The highest BCUT2D eigenvalue weighted by Crippen LogP contribution is 2.23. The predicted octanol–water partition coefficient (Wildman–Crippen LogP) is 2.99. The lowest BCUT2D eigenvalue weighted by atomic mass is 10.2. The number of carbonyl (C=O) groups is 1. The molecule has 2 aromatic rings. The fourth-order valence-electron chi connectivity index (χ4n) is 1.54. The summed E-state index contributed by atoms with van der Waals surface area (Å²) in [5.41, 5.74) is 5.64. The number of hydrazone groups is 1. The third kappa shape index (κ3) is 3.42. The predicted molar refractivity (Wildman–Crippen MR) is 80.6 cm³/mol. The quantitative estimate of drug-likeness (QED) is 0.534. The molecule has 1 N–H and O–H groups in total. The van der Waals surface area contributed by atoms with Crippen LogP contribution in [0.25, 0.3) is 0 Å². The van der Waals surface area contributed by atoms with Crippen LogP contribution in [-0.4, -0.2) is 24.3 Å². The maximum atomic E-state index is 11.5. The van der Waals surface area contributed by atoms with Crippen LogP contribution < -0.4 is 5.43 Å². The summed E-state index contributed by atoms with van der Waals surface area (Å²) in [5, 5.41) is 4.66. The number of methoxy groups -OCH3 is 1. The van der Waals surface area contributed by atoms with Gasteiger partial charge in [0.2, 0.25) is 5.13 Å². The number of aryl methyl sites for hydroxylation is 2. The zero-order valence-corrected chi connectivity index (χ0v) is 12.3. The van der Waals surface area contributed by atoms with Gasteiger partial charge in [-0.1, -0.05) is 41.2 Å². The summed E-state index contributed by atoms with van der Waals surface area (Å²) < 4.78 is 4.68. The van der Waals surface area contributed by atoms with E-state index in [-0.39, 0.29) is 5.97 Å². The van der Waals surface area contributed by atoms with Crippen molar-refractivity contribution in [2.24, 2.45) is 5.10 Å². The van der Waals surface area contributed by atoms with Crippen molar-refractivity contribution in [2.75, 3.05) is 12.5 Å². The summed E-state index contributed by atoms with van der Waals surface area (Å²) in [4.78, 5) is 16.2. The molecule has 104 valence electrons. The van der Waals surface area contributed by atoms with E-state index >= 15 is 0 Å².